The lowest BCUT2D eigenvalue weighted by atomic mass is 10.1. The Hall–Kier alpha value is -1.49. The maximum Gasteiger partial charge on any atom is 0.432 e. The minimum Gasteiger partial charge on any atom is -0.361 e. The number of hydrogen-bond acceptors (Lipinski definition) is 2. The van der Waals surface area contributed by atoms with Gasteiger partial charge < -0.3 is 9.30 Å². The molecule has 0 fully saturated rings. The third kappa shape index (κ3) is 4.38. The van der Waals surface area contributed by atoms with Crippen LogP contribution in [0.1, 0.15) is 31.0 Å². The molecule has 1 aromatic carbocycles. The molecule has 0 atom stereocenters. The molecule has 2 aromatic rings. The van der Waals surface area contributed by atoms with Gasteiger partial charge in [0.05, 0.1) is 15.7 Å². The number of aromatic nitrogens is 1. The van der Waals surface area contributed by atoms with Gasteiger partial charge in [-0.05, 0) is 40.0 Å². The quantitative estimate of drug-likeness (QED) is 0.504. The second-order valence-corrected chi connectivity index (χ2v) is 6.55. The summed E-state index contributed by atoms with van der Waals surface area (Å²) in [6, 6.07) is 8.14. The summed E-state index contributed by atoms with van der Waals surface area (Å²) in [6.07, 6.45) is -3.02. The first-order chi connectivity index (χ1) is 11.8. The van der Waals surface area contributed by atoms with E-state index in [9.17, 15) is 18.4 Å². The van der Waals surface area contributed by atoms with E-state index in [1.807, 2.05) is 13.0 Å². The Morgan fingerprint density at radius 2 is 1.92 bits per heavy atom. The SMILES string of the molecule is CCCCOCn1c(-c2ccc(Cl)cc2)c(C#N)c(Br)c1C(F)(F)F. The van der Waals surface area contributed by atoms with E-state index >= 15 is 0 Å². The number of nitriles is 1. The molecule has 0 spiro atoms. The number of ether oxygens (including phenoxy) is 1. The minimum absolute atomic E-state index is 0.0891. The van der Waals surface area contributed by atoms with Gasteiger partial charge in [0.1, 0.15) is 18.5 Å². The fourth-order valence-electron chi connectivity index (χ4n) is 2.41. The molecule has 2 rings (SSSR count). The maximum atomic E-state index is 13.6. The normalized spacial score (nSPS) is 11.6. The van der Waals surface area contributed by atoms with Crippen molar-refractivity contribution >= 4 is 27.5 Å². The Morgan fingerprint density at radius 3 is 2.44 bits per heavy atom. The molecule has 0 saturated heterocycles. The molecule has 0 aliphatic heterocycles. The number of rotatable bonds is 6. The van der Waals surface area contributed by atoms with Crippen molar-refractivity contribution in [1.29, 1.82) is 5.26 Å². The molecule has 134 valence electrons. The molecular weight excluding hydrogens is 421 g/mol. The standard InChI is InChI=1S/C17H15BrClF3N2O/c1-2-3-8-25-10-24-15(11-4-6-12(19)7-5-11)13(9-23)14(18)16(24)17(20,21)22/h4-7H,2-3,8,10H2,1H3. The fraction of sp³-hybridized carbons (Fsp3) is 0.353. The van der Waals surface area contributed by atoms with Crippen LogP contribution < -0.4 is 0 Å². The first-order valence-corrected chi connectivity index (χ1v) is 8.71. The predicted molar refractivity (Wildman–Crippen MR) is 93.2 cm³/mol. The molecule has 25 heavy (non-hydrogen) atoms. The van der Waals surface area contributed by atoms with E-state index in [-0.39, 0.29) is 22.5 Å². The van der Waals surface area contributed by atoms with Gasteiger partial charge in [-0.1, -0.05) is 37.1 Å². The van der Waals surface area contributed by atoms with Crippen LogP contribution >= 0.6 is 27.5 Å². The maximum absolute atomic E-state index is 13.6. The van der Waals surface area contributed by atoms with Crippen molar-refractivity contribution in [3.05, 3.63) is 45.0 Å². The highest BCUT2D eigenvalue weighted by atomic mass is 79.9. The van der Waals surface area contributed by atoms with Crippen molar-refractivity contribution < 1.29 is 17.9 Å². The largest absolute Gasteiger partial charge is 0.432 e. The van der Waals surface area contributed by atoms with Gasteiger partial charge in [0.25, 0.3) is 0 Å². The Kier molecular flexibility index (Phi) is 6.55. The number of alkyl halides is 3. The lowest BCUT2D eigenvalue weighted by Crippen LogP contribution is -2.16. The van der Waals surface area contributed by atoms with Crippen LogP contribution in [0.25, 0.3) is 11.3 Å². The number of benzene rings is 1. The van der Waals surface area contributed by atoms with Gasteiger partial charge >= 0.3 is 6.18 Å². The first kappa shape index (κ1) is 19.8. The van der Waals surface area contributed by atoms with E-state index in [2.05, 4.69) is 15.9 Å². The highest BCUT2D eigenvalue weighted by molar-refractivity contribution is 9.10. The van der Waals surface area contributed by atoms with Crippen LogP contribution in [-0.2, 0) is 17.6 Å². The van der Waals surface area contributed by atoms with E-state index in [1.54, 1.807) is 24.3 Å². The molecule has 1 aromatic heterocycles. The van der Waals surface area contributed by atoms with Crippen LogP contribution in [0, 0.1) is 11.3 Å². The molecule has 0 radical (unpaired) electrons. The summed E-state index contributed by atoms with van der Waals surface area (Å²) in [5.74, 6) is 0. The summed E-state index contributed by atoms with van der Waals surface area (Å²) in [5.41, 5.74) is -0.426. The summed E-state index contributed by atoms with van der Waals surface area (Å²) < 4.78 is 46.8. The van der Waals surface area contributed by atoms with Crippen molar-refractivity contribution in [3.63, 3.8) is 0 Å². The van der Waals surface area contributed by atoms with Gasteiger partial charge in [-0.15, -0.1) is 0 Å². The zero-order chi connectivity index (χ0) is 18.6. The van der Waals surface area contributed by atoms with Gasteiger partial charge in [-0.3, -0.25) is 0 Å². The number of hydrogen-bond donors (Lipinski definition) is 0. The number of unbranched alkanes of at least 4 members (excludes halogenated alkanes) is 1. The van der Waals surface area contributed by atoms with Crippen molar-refractivity contribution in [3.8, 4) is 17.3 Å². The Balaban J connectivity index is 2.62. The van der Waals surface area contributed by atoms with Crippen molar-refractivity contribution in [1.82, 2.24) is 4.57 Å². The van der Waals surface area contributed by atoms with Gasteiger partial charge in [-0.2, -0.15) is 18.4 Å². The highest BCUT2D eigenvalue weighted by Gasteiger charge is 2.40. The average molecular weight is 436 g/mol. The third-order valence-electron chi connectivity index (χ3n) is 3.56. The van der Waals surface area contributed by atoms with E-state index in [1.165, 1.54) is 0 Å². The molecule has 0 bridgehead atoms. The van der Waals surface area contributed by atoms with Crippen LogP contribution in [-0.4, -0.2) is 11.2 Å². The van der Waals surface area contributed by atoms with Crippen molar-refractivity contribution in [2.45, 2.75) is 32.7 Å². The predicted octanol–water partition coefficient (Wildman–Crippen LogP) is 6.24. The van der Waals surface area contributed by atoms with E-state index in [4.69, 9.17) is 16.3 Å². The topological polar surface area (TPSA) is 38.0 Å². The summed E-state index contributed by atoms with van der Waals surface area (Å²) in [4.78, 5) is 0. The lowest BCUT2D eigenvalue weighted by Gasteiger charge is -2.16. The fourth-order valence-corrected chi connectivity index (χ4v) is 3.25. The average Bonchev–Trinajstić information content (AvgIpc) is 2.84. The van der Waals surface area contributed by atoms with Gasteiger partial charge in [-0.25, -0.2) is 0 Å². The summed E-state index contributed by atoms with van der Waals surface area (Å²) in [6.45, 7) is 2.00. The zero-order valence-corrected chi connectivity index (χ0v) is 15.7. The second-order valence-electron chi connectivity index (χ2n) is 5.32. The Bertz CT molecular complexity index is 779. The molecule has 0 N–H and O–H groups in total. The summed E-state index contributed by atoms with van der Waals surface area (Å²) >= 11 is 8.79. The molecule has 0 unspecified atom stereocenters. The minimum atomic E-state index is -4.64. The summed E-state index contributed by atoms with van der Waals surface area (Å²) in [5, 5.41) is 9.85. The van der Waals surface area contributed by atoms with Crippen molar-refractivity contribution in [2.75, 3.05) is 6.61 Å². The second kappa shape index (κ2) is 8.26. The van der Waals surface area contributed by atoms with E-state index in [0.29, 0.717) is 17.2 Å². The molecule has 0 amide bonds. The van der Waals surface area contributed by atoms with Gasteiger partial charge in [0.15, 0.2) is 0 Å². The van der Waals surface area contributed by atoms with Crippen LogP contribution in [0.5, 0.6) is 0 Å². The van der Waals surface area contributed by atoms with Gasteiger partial charge in [0, 0.05) is 11.6 Å². The third-order valence-corrected chi connectivity index (χ3v) is 4.59. The molecule has 0 saturated carbocycles. The molecule has 8 heteroatoms. The number of halogens is 5. The Labute approximate surface area is 157 Å². The highest BCUT2D eigenvalue weighted by Crippen LogP contribution is 2.43. The molecule has 0 aliphatic carbocycles. The van der Waals surface area contributed by atoms with Gasteiger partial charge in [0.2, 0.25) is 0 Å². The monoisotopic (exact) mass is 434 g/mol. The van der Waals surface area contributed by atoms with Crippen LogP contribution in [0.15, 0.2) is 28.7 Å². The molecule has 0 aliphatic rings. The van der Waals surface area contributed by atoms with E-state index < -0.39 is 11.9 Å². The van der Waals surface area contributed by atoms with Crippen LogP contribution in [0.3, 0.4) is 0 Å². The first-order valence-electron chi connectivity index (χ1n) is 7.54. The summed E-state index contributed by atoms with van der Waals surface area (Å²) in [7, 11) is 0. The van der Waals surface area contributed by atoms with Crippen LogP contribution in [0.4, 0.5) is 13.2 Å². The number of nitrogens with zero attached hydrogens (tertiary/aromatic N) is 2. The van der Waals surface area contributed by atoms with Crippen molar-refractivity contribution in [2.24, 2.45) is 0 Å². The van der Waals surface area contributed by atoms with E-state index in [0.717, 1.165) is 17.4 Å². The zero-order valence-electron chi connectivity index (χ0n) is 13.3. The molecule has 1 heterocycles. The lowest BCUT2D eigenvalue weighted by molar-refractivity contribution is -0.146. The molecular formula is C17H15BrClF3N2O. The van der Waals surface area contributed by atoms with Crippen LogP contribution in [0.2, 0.25) is 5.02 Å². The smallest absolute Gasteiger partial charge is 0.361 e. The molecule has 3 nitrogen and oxygen atoms in total. The Morgan fingerprint density at radius 1 is 1.28 bits per heavy atom.